The van der Waals surface area contributed by atoms with Crippen LogP contribution >= 0.6 is 23.1 Å². The highest BCUT2D eigenvalue weighted by Gasteiger charge is 2.24. The average molecular weight is 365 g/mol. The van der Waals surface area contributed by atoms with E-state index >= 15 is 0 Å². The standard InChI is InChI=1S/C19H15N3OS2/c1-12(16-5-3-9-24-16)21-19-22-18(23)17(25-19)11-13-6-7-15-14(10-13)4-2-8-20-15/h2-12H,1H3,(H,21,22,23)/b17-11-. The van der Waals surface area contributed by atoms with Gasteiger partial charge in [-0.1, -0.05) is 18.2 Å². The van der Waals surface area contributed by atoms with Gasteiger partial charge in [0, 0.05) is 16.5 Å². The minimum atomic E-state index is -0.103. The molecule has 0 bridgehead atoms. The first-order valence-electron chi connectivity index (χ1n) is 7.86. The molecule has 4 nitrogen and oxygen atoms in total. The molecule has 1 N–H and O–H groups in total. The molecule has 6 heteroatoms. The Morgan fingerprint density at radius 3 is 3.00 bits per heavy atom. The molecular weight excluding hydrogens is 350 g/mol. The number of fused-ring (bicyclic) bond motifs is 1. The Balaban J connectivity index is 1.58. The Hall–Kier alpha value is -2.44. The smallest absolute Gasteiger partial charge is 0.264 e. The average Bonchev–Trinajstić information content (AvgIpc) is 3.25. The molecule has 1 fully saturated rings. The normalized spacial score (nSPS) is 18.8. The Kier molecular flexibility index (Phi) is 4.38. The van der Waals surface area contributed by atoms with Gasteiger partial charge in [-0.3, -0.25) is 14.8 Å². The first-order valence-corrected chi connectivity index (χ1v) is 9.55. The molecule has 2 aromatic heterocycles. The van der Waals surface area contributed by atoms with Crippen molar-refractivity contribution in [1.29, 1.82) is 0 Å². The molecule has 3 aromatic rings. The van der Waals surface area contributed by atoms with E-state index in [2.05, 4.69) is 21.4 Å². The number of pyridine rings is 1. The van der Waals surface area contributed by atoms with Crippen LogP contribution in [0, 0.1) is 0 Å². The van der Waals surface area contributed by atoms with Gasteiger partial charge in [-0.15, -0.1) is 11.3 Å². The number of aliphatic imine (C=N–C) groups is 1. The van der Waals surface area contributed by atoms with Gasteiger partial charge in [0.2, 0.25) is 0 Å². The highest BCUT2D eigenvalue weighted by atomic mass is 32.2. The van der Waals surface area contributed by atoms with E-state index in [0.29, 0.717) is 10.1 Å². The molecule has 0 aliphatic carbocycles. The number of thioether (sulfide) groups is 1. The molecule has 1 saturated heterocycles. The van der Waals surface area contributed by atoms with Crippen LogP contribution in [0.1, 0.15) is 23.4 Å². The third-order valence-electron chi connectivity index (χ3n) is 3.84. The number of amidine groups is 1. The van der Waals surface area contributed by atoms with E-state index in [1.54, 1.807) is 17.5 Å². The number of nitrogens with zero attached hydrogens (tertiary/aromatic N) is 2. The summed E-state index contributed by atoms with van der Waals surface area (Å²) in [7, 11) is 0. The molecule has 25 heavy (non-hydrogen) atoms. The van der Waals surface area contributed by atoms with Gasteiger partial charge < -0.3 is 5.32 Å². The lowest BCUT2D eigenvalue weighted by molar-refractivity contribution is -0.115. The summed E-state index contributed by atoms with van der Waals surface area (Å²) in [5.41, 5.74) is 1.92. The van der Waals surface area contributed by atoms with Gasteiger partial charge in [0.15, 0.2) is 5.17 Å². The first kappa shape index (κ1) is 16.1. The summed E-state index contributed by atoms with van der Waals surface area (Å²) in [5.74, 6) is -0.103. The van der Waals surface area contributed by atoms with Crippen LogP contribution < -0.4 is 5.32 Å². The fourth-order valence-corrected chi connectivity index (χ4v) is 4.21. The number of benzene rings is 1. The second-order valence-electron chi connectivity index (χ2n) is 5.65. The fraction of sp³-hybridized carbons (Fsp3) is 0.105. The SMILES string of the molecule is CC(N=C1NC(=O)/C(=C/c2ccc3ncccc3c2)S1)c1cccs1. The predicted molar refractivity (Wildman–Crippen MR) is 106 cm³/mol. The number of rotatable bonds is 3. The number of hydrogen-bond acceptors (Lipinski definition) is 5. The van der Waals surface area contributed by atoms with Gasteiger partial charge in [-0.2, -0.15) is 0 Å². The zero-order valence-electron chi connectivity index (χ0n) is 13.5. The molecule has 0 spiro atoms. The maximum absolute atomic E-state index is 12.2. The zero-order chi connectivity index (χ0) is 17.2. The Labute approximate surface area is 153 Å². The number of amides is 1. The van der Waals surface area contributed by atoms with E-state index < -0.39 is 0 Å². The Morgan fingerprint density at radius 1 is 1.24 bits per heavy atom. The lowest BCUT2D eigenvalue weighted by Gasteiger charge is -2.03. The molecule has 0 saturated carbocycles. The minimum absolute atomic E-state index is 0.0360. The molecule has 1 aliphatic rings. The summed E-state index contributed by atoms with van der Waals surface area (Å²) in [6.07, 6.45) is 3.67. The van der Waals surface area contributed by atoms with Crippen LogP contribution in [0.15, 0.2) is 63.9 Å². The lowest BCUT2D eigenvalue weighted by atomic mass is 10.1. The van der Waals surface area contributed by atoms with Crippen molar-refractivity contribution in [1.82, 2.24) is 10.3 Å². The van der Waals surface area contributed by atoms with Crippen LogP contribution in [0.4, 0.5) is 0 Å². The third kappa shape index (κ3) is 3.50. The van der Waals surface area contributed by atoms with Crippen LogP contribution in [0.25, 0.3) is 17.0 Å². The van der Waals surface area contributed by atoms with Crippen molar-refractivity contribution in [3.05, 3.63) is 69.4 Å². The number of hydrogen-bond donors (Lipinski definition) is 1. The van der Waals surface area contributed by atoms with Gasteiger partial charge in [0.05, 0.1) is 16.5 Å². The molecule has 1 aromatic carbocycles. The molecule has 0 radical (unpaired) electrons. The molecule has 3 heterocycles. The van der Waals surface area contributed by atoms with E-state index in [1.165, 1.54) is 16.6 Å². The number of carbonyl (C=O) groups is 1. The predicted octanol–water partition coefficient (Wildman–Crippen LogP) is 4.62. The second-order valence-corrected chi connectivity index (χ2v) is 7.66. The summed E-state index contributed by atoms with van der Waals surface area (Å²) < 4.78 is 0. The third-order valence-corrected chi connectivity index (χ3v) is 5.81. The van der Waals surface area contributed by atoms with Gasteiger partial charge in [-0.25, -0.2) is 0 Å². The molecule has 1 unspecified atom stereocenters. The quantitative estimate of drug-likeness (QED) is 0.689. The maximum Gasteiger partial charge on any atom is 0.264 e. The van der Waals surface area contributed by atoms with E-state index in [9.17, 15) is 4.79 Å². The first-order chi connectivity index (χ1) is 12.2. The minimum Gasteiger partial charge on any atom is -0.301 e. The van der Waals surface area contributed by atoms with Crippen molar-refractivity contribution in [3.8, 4) is 0 Å². The molecule has 1 aliphatic heterocycles. The Morgan fingerprint density at radius 2 is 2.16 bits per heavy atom. The molecule has 4 rings (SSSR count). The fourth-order valence-electron chi connectivity index (χ4n) is 2.59. The highest BCUT2D eigenvalue weighted by molar-refractivity contribution is 8.18. The number of nitrogens with one attached hydrogen (secondary N) is 1. The maximum atomic E-state index is 12.2. The van der Waals surface area contributed by atoms with Crippen molar-refractivity contribution in [2.24, 2.45) is 4.99 Å². The largest absolute Gasteiger partial charge is 0.301 e. The number of carbonyl (C=O) groups excluding carboxylic acids is 1. The van der Waals surface area contributed by atoms with Crippen LogP contribution in [-0.2, 0) is 4.79 Å². The van der Waals surface area contributed by atoms with Gasteiger partial charge in [-0.05, 0) is 60.0 Å². The number of thiophene rings is 1. The van der Waals surface area contributed by atoms with Crippen LogP contribution in [0.3, 0.4) is 0 Å². The van der Waals surface area contributed by atoms with Crippen molar-refractivity contribution < 1.29 is 4.79 Å². The van der Waals surface area contributed by atoms with Crippen LogP contribution in [0.2, 0.25) is 0 Å². The van der Waals surface area contributed by atoms with Crippen LogP contribution in [-0.4, -0.2) is 16.1 Å². The lowest BCUT2D eigenvalue weighted by Crippen LogP contribution is -2.20. The topological polar surface area (TPSA) is 54.4 Å². The van der Waals surface area contributed by atoms with E-state index in [1.807, 2.05) is 54.8 Å². The Bertz CT molecular complexity index is 993. The number of aromatic nitrogens is 1. The highest BCUT2D eigenvalue weighted by Crippen LogP contribution is 2.30. The molecule has 1 atom stereocenters. The van der Waals surface area contributed by atoms with E-state index in [0.717, 1.165) is 16.5 Å². The van der Waals surface area contributed by atoms with Crippen molar-refractivity contribution in [3.63, 3.8) is 0 Å². The second kappa shape index (κ2) is 6.82. The zero-order valence-corrected chi connectivity index (χ0v) is 15.1. The van der Waals surface area contributed by atoms with Crippen molar-refractivity contribution in [2.75, 3.05) is 0 Å². The molecular formula is C19H15N3OS2. The summed E-state index contributed by atoms with van der Waals surface area (Å²) in [6.45, 7) is 2.03. The summed E-state index contributed by atoms with van der Waals surface area (Å²) in [6, 6.07) is 14.0. The monoisotopic (exact) mass is 365 g/mol. The van der Waals surface area contributed by atoms with E-state index in [4.69, 9.17) is 0 Å². The van der Waals surface area contributed by atoms with E-state index in [-0.39, 0.29) is 11.9 Å². The molecule has 1 amide bonds. The summed E-state index contributed by atoms with van der Waals surface area (Å²) >= 11 is 3.05. The van der Waals surface area contributed by atoms with Crippen LogP contribution in [0.5, 0.6) is 0 Å². The summed E-state index contributed by atoms with van der Waals surface area (Å²) in [4.78, 5) is 23.0. The van der Waals surface area contributed by atoms with Gasteiger partial charge in [0.25, 0.3) is 5.91 Å². The van der Waals surface area contributed by atoms with Crippen molar-refractivity contribution in [2.45, 2.75) is 13.0 Å². The summed E-state index contributed by atoms with van der Waals surface area (Å²) in [5, 5.41) is 6.59. The van der Waals surface area contributed by atoms with Gasteiger partial charge >= 0.3 is 0 Å². The molecule has 124 valence electrons. The van der Waals surface area contributed by atoms with Crippen molar-refractivity contribution >= 4 is 51.2 Å². The van der Waals surface area contributed by atoms with Gasteiger partial charge in [0.1, 0.15) is 0 Å².